The van der Waals surface area contributed by atoms with Crippen LogP contribution < -0.4 is 0 Å². The van der Waals surface area contributed by atoms with E-state index in [2.05, 4.69) is 0 Å². The molecule has 1 saturated heterocycles. The van der Waals surface area contributed by atoms with E-state index in [1.54, 1.807) is 85.8 Å². The molecule has 1 N–H and O–H groups in total. The van der Waals surface area contributed by atoms with Crippen molar-refractivity contribution in [3.63, 3.8) is 0 Å². The molecule has 1 heterocycles. The predicted molar refractivity (Wildman–Crippen MR) is 132 cm³/mol. The number of ether oxygens (including phenoxy) is 1. The van der Waals surface area contributed by atoms with Crippen molar-refractivity contribution < 1.29 is 23.0 Å². The minimum absolute atomic E-state index is 0.00463. The number of aliphatic hydroxyl groups is 1. The molecule has 0 spiro atoms. The molecular weight excluding hydrogens is 449 g/mol. The van der Waals surface area contributed by atoms with Crippen molar-refractivity contribution in [2.24, 2.45) is 0 Å². The van der Waals surface area contributed by atoms with Crippen molar-refractivity contribution in [1.82, 2.24) is 0 Å². The third kappa shape index (κ3) is 4.92. The lowest BCUT2D eigenvalue weighted by molar-refractivity contribution is 0.199. The summed E-state index contributed by atoms with van der Waals surface area (Å²) in [5.41, 5.74) is 4.18. The molecule has 0 aromatic heterocycles. The molecule has 5 rings (SSSR count). The fraction of sp³-hybridized carbons (Fsp3) is 0.133. The van der Waals surface area contributed by atoms with Crippen LogP contribution in [-0.2, 0) is 4.74 Å². The van der Waals surface area contributed by atoms with Gasteiger partial charge in [-0.25, -0.2) is 13.2 Å². The summed E-state index contributed by atoms with van der Waals surface area (Å²) < 4.78 is 49.4. The smallest absolute Gasteiger partial charge is 0.167 e. The highest BCUT2D eigenvalue weighted by Gasteiger charge is 2.25. The molecule has 5 heteroatoms. The van der Waals surface area contributed by atoms with Crippen molar-refractivity contribution in [2.75, 3.05) is 6.61 Å². The Hall–Kier alpha value is -3.67. The maximum Gasteiger partial charge on any atom is 0.167 e. The molecule has 1 aliphatic heterocycles. The highest BCUT2D eigenvalue weighted by molar-refractivity contribution is 5.75. The number of halogens is 3. The zero-order chi connectivity index (χ0) is 24.5. The fourth-order valence-electron chi connectivity index (χ4n) is 4.02. The normalized spacial score (nSPS) is 16.0. The van der Waals surface area contributed by atoms with Crippen molar-refractivity contribution in [1.29, 1.82) is 0 Å². The van der Waals surface area contributed by atoms with Gasteiger partial charge in [0.25, 0.3) is 0 Å². The van der Waals surface area contributed by atoms with Gasteiger partial charge in [-0.2, -0.15) is 0 Å². The van der Waals surface area contributed by atoms with Crippen LogP contribution in [0.5, 0.6) is 0 Å². The van der Waals surface area contributed by atoms with Gasteiger partial charge < -0.3 is 9.84 Å². The van der Waals surface area contributed by atoms with Gasteiger partial charge in [-0.1, -0.05) is 84.9 Å². The zero-order valence-electron chi connectivity index (χ0n) is 19.0. The van der Waals surface area contributed by atoms with E-state index in [1.807, 2.05) is 6.07 Å². The number of hydrogen-bond acceptors (Lipinski definition) is 2. The molecule has 176 valence electrons. The Balaban J connectivity index is 1.35. The Morgan fingerprint density at radius 2 is 1.37 bits per heavy atom. The minimum Gasteiger partial charge on any atom is -0.389 e. The topological polar surface area (TPSA) is 32.8 Å². The number of benzene rings is 4. The third-order valence-electron chi connectivity index (χ3n) is 6.19. The lowest BCUT2D eigenvalue weighted by Gasteiger charge is -2.11. The first kappa shape index (κ1) is 23.1. The average Bonchev–Trinajstić information content (AvgIpc) is 3.71. The van der Waals surface area contributed by atoms with Gasteiger partial charge in [0.1, 0.15) is 11.9 Å². The van der Waals surface area contributed by atoms with E-state index in [1.165, 1.54) is 6.07 Å². The second-order valence-corrected chi connectivity index (χ2v) is 8.64. The molecule has 0 aliphatic carbocycles. The van der Waals surface area contributed by atoms with E-state index >= 15 is 0 Å². The quantitative estimate of drug-likeness (QED) is 0.230. The summed E-state index contributed by atoms with van der Waals surface area (Å²) in [6.45, 7) is 2.27. The highest BCUT2D eigenvalue weighted by Crippen LogP contribution is 2.33. The van der Waals surface area contributed by atoms with Crippen LogP contribution in [0.1, 0.15) is 41.4 Å². The first-order valence-electron chi connectivity index (χ1n) is 11.4. The zero-order valence-corrected chi connectivity index (χ0v) is 19.0. The van der Waals surface area contributed by atoms with Crippen molar-refractivity contribution in [3.05, 3.63) is 119 Å². The second kappa shape index (κ2) is 9.53. The van der Waals surface area contributed by atoms with Crippen molar-refractivity contribution in [3.8, 4) is 22.3 Å². The van der Waals surface area contributed by atoms with Gasteiger partial charge in [-0.05, 0) is 40.8 Å². The van der Waals surface area contributed by atoms with Crippen LogP contribution >= 0.6 is 0 Å². The molecule has 0 saturated carbocycles. The van der Waals surface area contributed by atoms with Crippen LogP contribution in [0, 0.1) is 17.5 Å². The molecule has 1 fully saturated rings. The maximum absolute atomic E-state index is 15.0. The van der Waals surface area contributed by atoms with Crippen LogP contribution in [0.4, 0.5) is 13.2 Å². The number of aliphatic hydroxyl groups excluding tert-OH is 1. The average molecular weight is 473 g/mol. The molecule has 0 radical (unpaired) electrons. The van der Waals surface area contributed by atoms with Gasteiger partial charge >= 0.3 is 0 Å². The Labute approximate surface area is 202 Å². The van der Waals surface area contributed by atoms with E-state index < -0.39 is 17.7 Å². The van der Waals surface area contributed by atoms with Gasteiger partial charge in [0.05, 0.1) is 12.7 Å². The first-order chi connectivity index (χ1) is 16.9. The first-order valence-corrected chi connectivity index (χ1v) is 11.4. The molecule has 1 aliphatic rings. The number of rotatable bonds is 6. The summed E-state index contributed by atoms with van der Waals surface area (Å²) in [7, 11) is 0. The van der Waals surface area contributed by atoms with Crippen molar-refractivity contribution in [2.45, 2.75) is 19.1 Å². The lowest BCUT2D eigenvalue weighted by Crippen LogP contribution is -1.95. The van der Waals surface area contributed by atoms with E-state index in [4.69, 9.17) is 4.74 Å². The van der Waals surface area contributed by atoms with Gasteiger partial charge in [0.2, 0.25) is 0 Å². The Bertz CT molecular complexity index is 1390. The molecule has 0 amide bonds. The van der Waals surface area contributed by atoms with E-state index in [-0.39, 0.29) is 23.0 Å². The summed E-state index contributed by atoms with van der Waals surface area (Å²) in [6.07, 6.45) is 2.82. The molecular formula is C30H23F3O2. The van der Waals surface area contributed by atoms with Crippen molar-refractivity contribution >= 4 is 12.2 Å². The standard InChI is InChI=1S/C30H23F3O2/c1-18(34)20-8-10-22(11-9-20)26-15-14-25(29(32)30(26)33)21-5-2-19(3-6-21)4-7-23-12-13-24(16-27(23)31)28-17-35-28/h2-16,18,28,34H,17H2,1H3/b7-4+. The molecule has 35 heavy (non-hydrogen) atoms. The minimum atomic E-state index is -0.924. The van der Waals surface area contributed by atoms with E-state index in [0.29, 0.717) is 28.9 Å². The molecule has 2 nitrogen and oxygen atoms in total. The molecule has 4 aromatic carbocycles. The van der Waals surface area contributed by atoms with Crippen LogP contribution in [-0.4, -0.2) is 11.7 Å². The van der Waals surface area contributed by atoms with E-state index in [9.17, 15) is 18.3 Å². The predicted octanol–water partition coefficient (Wildman–Crippen LogP) is 7.73. The summed E-state index contributed by atoms with van der Waals surface area (Å²) in [6, 6.07) is 21.8. The lowest BCUT2D eigenvalue weighted by atomic mass is 9.97. The Kier molecular flexibility index (Phi) is 6.29. The van der Waals surface area contributed by atoms with Gasteiger partial charge in [-0.3, -0.25) is 0 Å². The van der Waals surface area contributed by atoms with Gasteiger partial charge in [0, 0.05) is 16.7 Å². The Morgan fingerprint density at radius 1 is 0.800 bits per heavy atom. The third-order valence-corrected chi connectivity index (χ3v) is 6.19. The summed E-state index contributed by atoms with van der Waals surface area (Å²) in [5, 5.41) is 9.64. The van der Waals surface area contributed by atoms with Crippen LogP contribution in [0.15, 0.2) is 78.9 Å². The fourth-order valence-corrected chi connectivity index (χ4v) is 4.02. The van der Waals surface area contributed by atoms with Crippen LogP contribution in [0.2, 0.25) is 0 Å². The molecule has 2 unspecified atom stereocenters. The number of epoxide rings is 1. The van der Waals surface area contributed by atoms with Gasteiger partial charge in [0.15, 0.2) is 11.6 Å². The SMILES string of the molecule is CC(O)c1ccc(-c2ccc(-c3ccc(/C=C/c4ccc(C5CO5)cc4F)cc3)c(F)c2F)cc1. The Morgan fingerprint density at radius 3 is 1.89 bits per heavy atom. The van der Waals surface area contributed by atoms with E-state index in [0.717, 1.165) is 11.1 Å². The molecule has 2 atom stereocenters. The maximum atomic E-state index is 15.0. The molecule has 4 aromatic rings. The molecule has 0 bridgehead atoms. The summed E-state index contributed by atoms with van der Waals surface area (Å²) >= 11 is 0. The second-order valence-electron chi connectivity index (χ2n) is 8.64. The largest absolute Gasteiger partial charge is 0.389 e. The van der Waals surface area contributed by atoms with Crippen LogP contribution in [0.25, 0.3) is 34.4 Å². The monoisotopic (exact) mass is 472 g/mol. The summed E-state index contributed by atoms with van der Waals surface area (Å²) in [5.74, 6) is -2.16. The van der Waals surface area contributed by atoms with Gasteiger partial charge in [-0.15, -0.1) is 0 Å². The summed E-state index contributed by atoms with van der Waals surface area (Å²) in [4.78, 5) is 0. The highest BCUT2D eigenvalue weighted by atomic mass is 19.2. The van der Waals surface area contributed by atoms with Crippen LogP contribution in [0.3, 0.4) is 0 Å². The number of hydrogen-bond donors (Lipinski definition) is 1.